The molecule has 0 bridgehead atoms. The van der Waals surface area contributed by atoms with Gasteiger partial charge in [-0.2, -0.15) is 13.2 Å². The van der Waals surface area contributed by atoms with E-state index in [2.05, 4.69) is 0 Å². The van der Waals surface area contributed by atoms with Gasteiger partial charge in [0.2, 0.25) is 0 Å². The molecular formula is C25H21ClF3NO5S. The second-order valence-electron chi connectivity index (χ2n) is 8.40. The van der Waals surface area contributed by atoms with Crippen LogP contribution in [-0.2, 0) is 21.0 Å². The van der Waals surface area contributed by atoms with Crippen LogP contribution in [0.15, 0.2) is 65.6 Å². The summed E-state index contributed by atoms with van der Waals surface area (Å²) in [5, 5.41) is 9.49. The van der Waals surface area contributed by atoms with Gasteiger partial charge in [-0.15, -0.1) is 0 Å². The number of ether oxygens (including phenoxy) is 1. The third-order valence-electron chi connectivity index (χ3n) is 5.75. The molecule has 190 valence electrons. The van der Waals surface area contributed by atoms with Gasteiger partial charge in [-0.05, 0) is 61.4 Å². The molecule has 3 aromatic carbocycles. The van der Waals surface area contributed by atoms with Crippen LogP contribution >= 0.6 is 11.6 Å². The molecule has 11 heteroatoms. The molecular weight excluding hydrogens is 519 g/mol. The zero-order chi connectivity index (χ0) is 26.3. The molecule has 0 aromatic heterocycles. The van der Waals surface area contributed by atoms with Crippen molar-refractivity contribution in [3.8, 4) is 16.9 Å². The van der Waals surface area contributed by atoms with E-state index < -0.39 is 38.7 Å². The van der Waals surface area contributed by atoms with E-state index >= 15 is 0 Å². The molecule has 0 fully saturated rings. The van der Waals surface area contributed by atoms with E-state index in [0.717, 1.165) is 28.1 Å². The van der Waals surface area contributed by atoms with Gasteiger partial charge >= 0.3 is 12.1 Å². The first-order valence-electron chi connectivity index (χ1n) is 10.9. The standard InChI is InChI=1S/C25H21ClF3NO5S/c1-15-5-8-21(26)20(11-15)16-6-9-23-22(12-16)30(14-18(35-23)7-10-24(31)32)36(33,34)19-4-2-3-17(13-19)25(27,28)29/h2-6,8-9,11-13,18H,7,10,14H2,1H3,(H,31,32). The molecule has 1 atom stereocenters. The molecule has 1 aliphatic heterocycles. The average molecular weight is 540 g/mol. The van der Waals surface area contributed by atoms with Crippen molar-refractivity contribution in [1.82, 2.24) is 0 Å². The number of nitrogens with zero attached hydrogens (tertiary/aromatic N) is 1. The number of carboxylic acid groups (broad SMARTS) is 1. The Balaban J connectivity index is 1.83. The molecule has 0 spiro atoms. The van der Waals surface area contributed by atoms with Crippen LogP contribution in [0.1, 0.15) is 24.0 Å². The highest BCUT2D eigenvalue weighted by atomic mass is 35.5. The Kier molecular flexibility index (Phi) is 6.94. The summed E-state index contributed by atoms with van der Waals surface area (Å²) < 4.78 is 74.0. The topological polar surface area (TPSA) is 83.9 Å². The van der Waals surface area contributed by atoms with Crippen molar-refractivity contribution in [3.05, 3.63) is 76.8 Å². The van der Waals surface area contributed by atoms with E-state index in [1.54, 1.807) is 24.3 Å². The van der Waals surface area contributed by atoms with Crippen LogP contribution in [0, 0.1) is 6.92 Å². The molecule has 0 amide bonds. The van der Waals surface area contributed by atoms with Gasteiger partial charge in [0, 0.05) is 17.0 Å². The maximum Gasteiger partial charge on any atom is 0.416 e. The molecule has 0 aliphatic carbocycles. The quantitative estimate of drug-likeness (QED) is 0.406. The van der Waals surface area contributed by atoms with Crippen LogP contribution in [0.3, 0.4) is 0 Å². The van der Waals surface area contributed by atoms with Gasteiger partial charge in [0.1, 0.15) is 11.9 Å². The first-order valence-corrected chi connectivity index (χ1v) is 12.7. The van der Waals surface area contributed by atoms with Crippen molar-refractivity contribution in [2.75, 3.05) is 10.8 Å². The van der Waals surface area contributed by atoms with Crippen molar-refractivity contribution in [1.29, 1.82) is 0 Å². The molecule has 36 heavy (non-hydrogen) atoms. The number of fused-ring (bicyclic) bond motifs is 1. The Morgan fingerprint density at radius 1 is 1.14 bits per heavy atom. The number of sulfonamides is 1. The molecule has 6 nitrogen and oxygen atoms in total. The number of aryl methyl sites for hydroxylation is 1. The van der Waals surface area contributed by atoms with Gasteiger partial charge in [-0.3, -0.25) is 9.10 Å². The fourth-order valence-electron chi connectivity index (χ4n) is 3.96. The van der Waals surface area contributed by atoms with E-state index in [1.165, 1.54) is 0 Å². The van der Waals surface area contributed by atoms with Crippen LogP contribution in [0.4, 0.5) is 18.9 Å². The summed E-state index contributed by atoms with van der Waals surface area (Å²) in [7, 11) is -4.47. The van der Waals surface area contributed by atoms with Crippen LogP contribution in [0.25, 0.3) is 11.1 Å². The van der Waals surface area contributed by atoms with Gasteiger partial charge in [-0.1, -0.05) is 35.4 Å². The van der Waals surface area contributed by atoms with E-state index in [0.29, 0.717) is 22.2 Å². The number of hydrogen-bond donors (Lipinski definition) is 1. The number of anilines is 1. The second-order valence-corrected chi connectivity index (χ2v) is 10.7. The fourth-order valence-corrected chi connectivity index (χ4v) is 5.73. The first-order chi connectivity index (χ1) is 16.9. The number of carbonyl (C=O) groups is 1. The normalized spacial score (nSPS) is 15.8. The summed E-state index contributed by atoms with van der Waals surface area (Å²) in [4.78, 5) is 10.5. The minimum atomic E-state index is -4.73. The Labute approximate surface area is 210 Å². The highest BCUT2D eigenvalue weighted by molar-refractivity contribution is 7.92. The Bertz CT molecular complexity index is 1430. The minimum absolute atomic E-state index is 0.00877. The lowest BCUT2D eigenvalue weighted by Gasteiger charge is -2.36. The summed E-state index contributed by atoms with van der Waals surface area (Å²) in [6, 6.07) is 13.6. The van der Waals surface area contributed by atoms with Gasteiger partial charge in [0.05, 0.1) is 22.7 Å². The molecule has 1 aliphatic rings. The first kappa shape index (κ1) is 25.8. The number of carboxylic acids is 1. The van der Waals surface area contributed by atoms with Gasteiger partial charge in [0.15, 0.2) is 0 Å². The highest BCUT2D eigenvalue weighted by Crippen LogP contribution is 2.42. The second kappa shape index (κ2) is 9.67. The lowest BCUT2D eigenvalue weighted by atomic mass is 10.0. The number of alkyl halides is 3. The zero-order valence-electron chi connectivity index (χ0n) is 18.9. The van der Waals surface area contributed by atoms with E-state index in [4.69, 9.17) is 21.4 Å². The Hall–Kier alpha value is -3.24. The van der Waals surface area contributed by atoms with Crippen molar-refractivity contribution < 1.29 is 36.2 Å². The van der Waals surface area contributed by atoms with Gasteiger partial charge in [0.25, 0.3) is 10.0 Å². The van der Waals surface area contributed by atoms with Crippen molar-refractivity contribution >= 4 is 33.3 Å². The van der Waals surface area contributed by atoms with Crippen molar-refractivity contribution in [3.63, 3.8) is 0 Å². The maximum atomic E-state index is 13.6. The molecule has 0 saturated carbocycles. The van der Waals surface area contributed by atoms with E-state index in [-0.39, 0.29) is 30.8 Å². The molecule has 0 saturated heterocycles. The number of aliphatic carboxylic acids is 1. The van der Waals surface area contributed by atoms with Crippen LogP contribution in [-0.4, -0.2) is 32.1 Å². The Morgan fingerprint density at radius 3 is 2.58 bits per heavy atom. The monoisotopic (exact) mass is 539 g/mol. The predicted molar refractivity (Wildman–Crippen MR) is 129 cm³/mol. The van der Waals surface area contributed by atoms with Gasteiger partial charge in [-0.25, -0.2) is 8.42 Å². The van der Waals surface area contributed by atoms with Gasteiger partial charge < -0.3 is 9.84 Å². The number of rotatable bonds is 6. The summed E-state index contributed by atoms with van der Waals surface area (Å²) in [6.45, 7) is 1.60. The third-order valence-corrected chi connectivity index (χ3v) is 7.86. The fraction of sp³-hybridized carbons (Fsp3) is 0.240. The van der Waals surface area contributed by atoms with Crippen LogP contribution in [0.5, 0.6) is 5.75 Å². The molecule has 4 rings (SSSR count). The molecule has 1 heterocycles. The van der Waals surface area contributed by atoms with Crippen LogP contribution in [0.2, 0.25) is 5.02 Å². The highest BCUT2D eigenvalue weighted by Gasteiger charge is 2.37. The summed E-state index contributed by atoms with van der Waals surface area (Å²) in [5.41, 5.74) is 1.17. The largest absolute Gasteiger partial charge is 0.486 e. The lowest BCUT2D eigenvalue weighted by molar-refractivity contribution is -0.138. The number of benzene rings is 3. The van der Waals surface area contributed by atoms with E-state index in [1.807, 2.05) is 19.1 Å². The zero-order valence-corrected chi connectivity index (χ0v) is 20.5. The van der Waals surface area contributed by atoms with Crippen molar-refractivity contribution in [2.24, 2.45) is 0 Å². The molecule has 1 N–H and O–H groups in total. The average Bonchev–Trinajstić information content (AvgIpc) is 2.83. The molecule has 1 unspecified atom stereocenters. The predicted octanol–water partition coefficient (Wildman–Crippen LogP) is 6.16. The third kappa shape index (κ3) is 5.29. The summed E-state index contributed by atoms with van der Waals surface area (Å²) >= 11 is 6.37. The smallest absolute Gasteiger partial charge is 0.416 e. The lowest BCUT2D eigenvalue weighted by Crippen LogP contribution is -2.43. The van der Waals surface area contributed by atoms with E-state index in [9.17, 15) is 26.4 Å². The number of halogens is 4. The molecule has 0 radical (unpaired) electrons. The maximum absolute atomic E-state index is 13.6. The number of hydrogen-bond acceptors (Lipinski definition) is 4. The van der Waals surface area contributed by atoms with Crippen LogP contribution < -0.4 is 9.04 Å². The minimum Gasteiger partial charge on any atom is -0.486 e. The SMILES string of the molecule is Cc1ccc(Cl)c(-c2ccc3c(c2)N(S(=O)(=O)c2cccc(C(F)(F)F)c2)CC(CCC(=O)O)O3)c1. The summed E-state index contributed by atoms with van der Waals surface area (Å²) in [6.07, 6.45) is -5.81. The molecule has 3 aromatic rings. The van der Waals surface area contributed by atoms with Crippen molar-refractivity contribution in [2.45, 2.75) is 36.9 Å². The summed E-state index contributed by atoms with van der Waals surface area (Å²) in [5.74, 6) is -0.916. The Morgan fingerprint density at radius 2 is 1.89 bits per heavy atom.